The smallest absolute Gasteiger partial charge is 0.138 e. The van der Waals surface area contributed by atoms with E-state index in [0.29, 0.717) is 0 Å². The zero-order valence-electron chi connectivity index (χ0n) is 15.6. The van der Waals surface area contributed by atoms with E-state index in [9.17, 15) is 0 Å². The summed E-state index contributed by atoms with van der Waals surface area (Å²) in [5.74, 6) is 0.882. The molecular formula is C23H22N4O. The molecule has 5 rings (SSSR count). The van der Waals surface area contributed by atoms with Crippen LogP contribution in [0.5, 0.6) is 0 Å². The minimum absolute atomic E-state index is 0.800. The van der Waals surface area contributed by atoms with E-state index in [-0.39, 0.29) is 0 Å². The molecule has 0 aliphatic carbocycles. The highest BCUT2D eigenvalue weighted by Crippen LogP contribution is 2.26. The van der Waals surface area contributed by atoms with E-state index in [4.69, 9.17) is 9.72 Å². The second kappa shape index (κ2) is 7.37. The Morgan fingerprint density at radius 3 is 2.50 bits per heavy atom. The molecule has 1 aromatic heterocycles. The van der Waals surface area contributed by atoms with E-state index in [0.717, 1.165) is 60.1 Å². The molecule has 0 unspecified atom stereocenters. The molecule has 1 aliphatic rings. The number of nitrogens with zero attached hydrogens (tertiary/aromatic N) is 2. The molecule has 0 bridgehead atoms. The number of hydrogen-bond acceptors (Lipinski definition) is 4. The molecule has 1 aliphatic heterocycles. The van der Waals surface area contributed by atoms with E-state index in [1.165, 1.54) is 5.69 Å². The summed E-state index contributed by atoms with van der Waals surface area (Å²) in [5, 5.41) is 3.49. The Kier molecular flexibility index (Phi) is 4.43. The first-order valence-corrected chi connectivity index (χ1v) is 9.60. The van der Waals surface area contributed by atoms with Gasteiger partial charge in [0.25, 0.3) is 0 Å². The summed E-state index contributed by atoms with van der Waals surface area (Å²) in [4.78, 5) is 10.4. The fourth-order valence-electron chi connectivity index (χ4n) is 3.58. The number of nitrogens with one attached hydrogen (secondary N) is 2. The molecule has 3 aromatic carbocycles. The highest BCUT2D eigenvalue weighted by Gasteiger charge is 2.11. The standard InChI is InChI=1S/C23H22N4O/c1-2-7-22-21(6-1)25-23(26-22)17-4-3-5-19(16-17)24-18-8-10-20(11-9-18)27-12-14-28-15-13-27/h1-11,16,24H,12-15H2,(H,25,26). The fourth-order valence-corrected chi connectivity index (χ4v) is 3.58. The first-order valence-electron chi connectivity index (χ1n) is 9.60. The third kappa shape index (κ3) is 3.44. The van der Waals surface area contributed by atoms with Crippen LogP contribution in [0.1, 0.15) is 0 Å². The molecule has 0 saturated carbocycles. The number of benzene rings is 3. The molecule has 0 atom stereocenters. The number of rotatable bonds is 4. The van der Waals surface area contributed by atoms with Crippen molar-refractivity contribution in [2.75, 3.05) is 36.5 Å². The van der Waals surface area contributed by atoms with Crippen molar-refractivity contribution >= 4 is 28.1 Å². The van der Waals surface area contributed by atoms with Crippen molar-refractivity contribution in [3.05, 3.63) is 72.8 Å². The first kappa shape index (κ1) is 16.8. The summed E-state index contributed by atoms with van der Waals surface area (Å²) in [6.45, 7) is 3.50. The van der Waals surface area contributed by atoms with Crippen molar-refractivity contribution in [3.63, 3.8) is 0 Å². The molecular weight excluding hydrogens is 348 g/mol. The number of H-pyrrole nitrogens is 1. The lowest BCUT2D eigenvalue weighted by atomic mass is 10.2. The maximum absolute atomic E-state index is 5.43. The van der Waals surface area contributed by atoms with E-state index >= 15 is 0 Å². The Hall–Kier alpha value is -3.31. The predicted octanol–water partition coefficient (Wildman–Crippen LogP) is 4.81. The van der Waals surface area contributed by atoms with Crippen molar-refractivity contribution in [2.24, 2.45) is 0 Å². The van der Waals surface area contributed by atoms with Gasteiger partial charge in [0.2, 0.25) is 0 Å². The minimum atomic E-state index is 0.800. The number of fused-ring (bicyclic) bond motifs is 1. The van der Waals surface area contributed by atoms with Crippen LogP contribution in [0.15, 0.2) is 72.8 Å². The summed E-state index contributed by atoms with van der Waals surface area (Å²) in [6.07, 6.45) is 0. The van der Waals surface area contributed by atoms with E-state index in [2.05, 4.69) is 57.7 Å². The number of aromatic amines is 1. The lowest BCUT2D eigenvalue weighted by molar-refractivity contribution is 0.122. The highest BCUT2D eigenvalue weighted by atomic mass is 16.5. The van der Waals surface area contributed by atoms with Gasteiger partial charge < -0.3 is 19.9 Å². The zero-order chi connectivity index (χ0) is 18.8. The second-order valence-corrected chi connectivity index (χ2v) is 6.95. The third-order valence-electron chi connectivity index (χ3n) is 5.06. The molecule has 0 radical (unpaired) electrons. The molecule has 4 aromatic rings. The molecule has 0 spiro atoms. The molecule has 2 heterocycles. The monoisotopic (exact) mass is 370 g/mol. The molecule has 0 amide bonds. The second-order valence-electron chi connectivity index (χ2n) is 6.95. The van der Waals surface area contributed by atoms with Crippen LogP contribution in [-0.4, -0.2) is 36.3 Å². The SMILES string of the molecule is c1cc(Nc2ccc(N3CCOCC3)cc2)cc(-c2nc3ccccc3[nH]2)c1. The van der Waals surface area contributed by atoms with E-state index < -0.39 is 0 Å². The number of aromatic nitrogens is 2. The fraction of sp³-hybridized carbons (Fsp3) is 0.174. The number of para-hydroxylation sites is 2. The Balaban J connectivity index is 1.35. The van der Waals surface area contributed by atoms with Gasteiger partial charge in [-0.25, -0.2) is 4.98 Å². The van der Waals surface area contributed by atoms with Gasteiger partial charge in [-0.15, -0.1) is 0 Å². The number of hydrogen-bond donors (Lipinski definition) is 2. The summed E-state index contributed by atoms with van der Waals surface area (Å²) >= 11 is 0. The summed E-state index contributed by atoms with van der Waals surface area (Å²) < 4.78 is 5.43. The van der Waals surface area contributed by atoms with Crippen molar-refractivity contribution in [3.8, 4) is 11.4 Å². The Morgan fingerprint density at radius 1 is 0.857 bits per heavy atom. The van der Waals surface area contributed by atoms with Crippen LogP contribution >= 0.6 is 0 Å². The minimum Gasteiger partial charge on any atom is -0.378 e. The van der Waals surface area contributed by atoms with Gasteiger partial charge in [0.1, 0.15) is 5.82 Å². The summed E-state index contributed by atoms with van der Waals surface area (Å²) in [7, 11) is 0. The Bertz CT molecular complexity index is 1050. The molecule has 1 saturated heterocycles. The number of morpholine rings is 1. The maximum Gasteiger partial charge on any atom is 0.138 e. The van der Waals surface area contributed by atoms with Crippen molar-refractivity contribution < 1.29 is 4.74 Å². The normalized spacial score (nSPS) is 14.4. The van der Waals surface area contributed by atoms with Crippen LogP contribution in [0, 0.1) is 0 Å². The number of ether oxygens (including phenoxy) is 1. The lowest BCUT2D eigenvalue weighted by Crippen LogP contribution is -2.36. The van der Waals surface area contributed by atoms with Gasteiger partial charge in [0, 0.05) is 35.7 Å². The largest absolute Gasteiger partial charge is 0.378 e. The maximum atomic E-state index is 5.43. The number of imidazole rings is 1. The molecule has 28 heavy (non-hydrogen) atoms. The van der Waals surface area contributed by atoms with Gasteiger partial charge in [-0.2, -0.15) is 0 Å². The van der Waals surface area contributed by atoms with Crippen LogP contribution in [0.4, 0.5) is 17.1 Å². The predicted molar refractivity (Wildman–Crippen MR) is 114 cm³/mol. The van der Waals surface area contributed by atoms with Crippen LogP contribution < -0.4 is 10.2 Å². The van der Waals surface area contributed by atoms with Gasteiger partial charge in [-0.05, 0) is 48.5 Å². The van der Waals surface area contributed by atoms with Crippen molar-refractivity contribution in [1.82, 2.24) is 9.97 Å². The summed E-state index contributed by atoms with van der Waals surface area (Å²) in [5.41, 5.74) is 6.44. The molecule has 140 valence electrons. The van der Waals surface area contributed by atoms with E-state index in [1.807, 2.05) is 30.3 Å². The molecule has 5 nitrogen and oxygen atoms in total. The van der Waals surface area contributed by atoms with Gasteiger partial charge in [0.15, 0.2) is 0 Å². The average Bonchev–Trinajstić information content (AvgIpc) is 3.20. The van der Waals surface area contributed by atoms with Crippen LogP contribution in [0.25, 0.3) is 22.4 Å². The lowest BCUT2D eigenvalue weighted by Gasteiger charge is -2.28. The first-order chi connectivity index (χ1) is 13.8. The average molecular weight is 370 g/mol. The topological polar surface area (TPSA) is 53.2 Å². The zero-order valence-corrected chi connectivity index (χ0v) is 15.6. The van der Waals surface area contributed by atoms with Gasteiger partial charge >= 0.3 is 0 Å². The van der Waals surface area contributed by atoms with Crippen LogP contribution in [0.3, 0.4) is 0 Å². The molecule has 5 heteroatoms. The van der Waals surface area contributed by atoms with Gasteiger partial charge in [0.05, 0.1) is 24.2 Å². The van der Waals surface area contributed by atoms with Gasteiger partial charge in [-0.3, -0.25) is 0 Å². The Morgan fingerprint density at radius 2 is 1.68 bits per heavy atom. The summed E-state index contributed by atoms with van der Waals surface area (Å²) in [6, 6.07) is 25.0. The quantitative estimate of drug-likeness (QED) is 0.541. The highest BCUT2D eigenvalue weighted by molar-refractivity contribution is 5.80. The third-order valence-corrected chi connectivity index (χ3v) is 5.06. The van der Waals surface area contributed by atoms with Crippen LogP contribution in [-0.2, 0) is 4.74 Å². The van der Waals surface area contributed by atoms with E-state index in [1.54, 1.807) is 0 Å². The van der Waals surface area contributed by atoms with Crippen molar-refractivity contribution in [1.29, 1.82) is 0 Å². The van der Waals surface area contributed by atoms with Crippen molar-refractivity contribution in [2.45, 2.75) is 0 Å². The van der Waals surface area contributed by atoms with Crippen LogP contribution in [0.2, 0.25) is 0 Å². The molecule has 2 N–H and O–H groups in total. The molecule has 1 fully saturated rings. The van der Waals surface area contributed by atoms with Gasteiger partial charge in [-0.1, -0.05) is 24.3 Å². The Labute approximate surface area is 164 Å². The number of anilines is 3.